The predicted molar refractivity (Wildman–Crippen MR) is 82.3 cm³/mol. The molecule has 3 heteroatoms. The third-order valence-electron chi connectivity index (χ3n) is 4.47. The molecule has 0 saturated carbocycles. The molecule has 1 N–H and O–H groups in total. The Bertz CT molecular complexity index is 421. The largest absolute Gasteiger partial charge is 0.496 e. The van der Waals surface area contributed by atoms with Crippen LogP contribution in [0, 0.1) is 5.41 Å². The van der Waals surface area contributed by atoms with Crippen molar-refractivity contribution in [2.45, 2.75) is 39.2 Å². The van der Waals surface area contributed by atoms with E-state index in [-0.39, 0.29) is 11.5 Å². The lowest BCUT2D eigenvalue weighted by atomic mass is 9.76. The van der Waals surface area contributed by atoms with Crippen LogP contribution in [0.3, 0.4) is 0 Å². The van der Waals surface area contributed by atoms with Crippen LogP contribution in [0.5, 0.6) is 5.75 Å². The zero-order chi connectivity index (χ0) is 14.4. The van der Waals surface area contributed by atoms with Crippen molar-refractivity contribution in [1.29, 1.82) is 0 Å². The Hall–Kier alpha value is -1.06. The van der Waals surface area contributed by atoms with Crippen molar-refractivity contribution >= 4 is 0 Å². The van der Waals surface area contributed by atoms with E-state index in [1.165, 1.54) is 12.0 Å². The SMILES string of the molecule is CCCNCC1(Cc2ccccc2OC)CCOC1C. The second-order valence-corrected chi connectivity index (χ2v) is 5.79. The predicted octanol–water partition coefficient (Wildman–Crippen LogP) is 3.03. The summed E-state index contributed by atoms with van der Waals surface area (Å²) in [5.74, 6) is 0.987. The first kappa shape index (κ1) is 15.3. The van der Waals surface area contributed by atoms with Gasteiger partial charge in [0.15, 0.2) is 0 Å². The molecule has 2 rings (SSSR count). The maximum absolute atomic E-state index is 5.86. The lowest BCUT2D eigenvalue weighted by Gasteiger charge is -2.33. The second kappa shape index (κ2) is 7.09. The minimum absolute atomic E-state index is 0.184. The maximum atomic E-state index is 5.86. The van der Waals surface area contributed by atoms with E-state index in [9.17, 15) is 0 Å². The summed E-state index contributed by atoms with van der Waals surface area (Å²) in [4.78, 5) is 0. The summed E-state index contributed by atoms with van der Waals surface area (Å²) in [6, 6.07) is 8.33. The summed E-state index contributed by atoms with van der Waals surface area (Å²) >= 11 is 0. The lowest BCUT2D eigenvalue weighted by Crippen LogP contribution is -2.41. The van der Waals surface area contributed by atoms with Gasteiger partial charge in [0.25, 0.3) is 0 Å². The van der Waals surface area contributed by atoms with E-state index in [1.54, 1.807) is 7.11 Å². The Balaban J connectivity index is 2.15. The molecule has 1 aromatic rings. The van der Waals surface area contributed by atoms with Crippen LogP contribution in [-0.2, 0) is 11.2 Å². The quantitative estimate of drug-likeness (QED) is 0.777. The van der Waals surface area contributed by atoms with Gasteiger partial charge in [0.05, 0.1) is 13.2 Å². The van der Waals surface area contributed by atoms with E-state index in [0.717, 1.165) is 38.3 Å². The molecule has 0 spiro atoms. The molecule has 112 valence electrons. The number of hydrogen-bond donors (Lipinski definition) is 1. The fourth-order valence-corrected chi connectivity index (χ4v) is 3.09. The highest BCUT2D eigenvalue weighted by Crippen LogP contribution is 2.39. The molecule has 1 aliphatic heterocycles. The second-order valence-electron chi connectivity index (χ2n) is 5.79. The lowest BCUT2D eigenvalue weighted by molar-refractivity contribution is 0.0628. The fraction of sp³-hybridized carbons (Fsp3) is 0.647. The summed E-state index contributed by atoms with van der Waals surface area (Å²) in [5.41, 5.74) is 1.47. The van der Waals surface area contributed by atoms with E-state index in [0.29, 0.717) is 0 Å². The molecule has 1 aliphatic rings. The molecule has 1 heterocycles. The Morgan fingerprint density at radius 1 is 1.40 bits per heavy atom. The molecular formula is C17H27NO2. The maximum Gasteiger partial charge on any atom is 0.122 e. The van der Waals surface area contributed by atoms with Crippen molar-refractivity contribution in [3.63, 3.8) is 0 Å². The molecule has 0 aromatic heterocycles. The van der Waals surface area contributed by atoms with Crippen molar-refractivity contribution < 1.29 is 9.47 Å². The van der Waals surface area contributed by atoms with Crippen LogP contribution in [0.25, 0.3) is 0 Å². The zero-order valence-corrected chi connectivity index (χ0v) is 12.9. The van der Waals surface area contributed by atoms with E-state index in [1.807, 2.05) is 12.1 Å². The number of ether oxygens (including phenoxy) is 2. The first-order valence-electron chi connectivity index (χ1n) is 7.66. The van der Waals surface area contributed by atoms with Gasteiger partial charge in [-0.15, -0.1) is 0 Å². The standard InChI is InChI=1S/C17H27NO2/c1-4-10-18-13-17(9-11-20-14(17)2)12-15-7-5-6-8-16(15)19-3/h5-8,14,18H,4,9-13H2,1-3H3. The van der Waals surface area contributed by atoms with Gasteiger partial charge >= 0.3 is 0 Å². The Morgan fingerprint density at radius 2 is 2.20 bits per heavy atom. The molecule has 0 amide bonds. The van der Waals surface area contributed by atoms with Gasteiger partial charge in [-0.2, -0.15) is 0 Å². The zero-order valence-electron chi connectivity index (χ0n) is 12.9. The van der Waals surface area contributed by atoms with Crippen molar-refractivity contribution in [3.05, 3.63) is 29.8 Å². The van der Waals surface area contributed by atoms with E-state index in [4.69, 9.17) is 9.47 Å². The van der Waals surface area contributed by atoms with Gasteiger partial charge in [-0.05, 0) is 44.4 Å². The van der Waals surface area contributed by atoms with Gasteiger partial charge in [0.1, 0.15) is 5.75 Å². The summed E-state index contributed by atoms with van der Waals surface area (Å²) in [6.45, 7) is 7.36. The molecule has 0 radical (unpaired) electrons. The number of para-hydroxylation sites is 1. The van der Waals surface area contributed by atoms with Gasteiger partial charge in [-0.25, -0.2) is 0 Å². The Labute approximate surface area is 122 Å². The highest BCUT2D eigenvalue weighted by molar-refractivity contribution is 5.34. The summed E-state index contributed by atoms with van der Waals surface area (Å²) in [6.07, 6.45) is 3.58. The summed E-state index contributed by atoms with van der Waals surface area (Å²) in [5, 5.41) is 3.59. The molecule has 0 aliphatic carbocycles. The molecular weight excluding hydrogens is 250 g/mol. The molecule has 3 nitrogen and oxygen atoms in total. The van der Waals surface area contributed by atoms with Crippen molar-refractivity contribution in [2.24, 2.45) is 5.41 Å². The van der Waals surface area contributed by atoms with Crippen molar-refractivity contribution in [2.75, 3.05) is 26.8 Å². The number of hydrogen-bond acceptors (Lipinski definition) is 3. The average molecular weight is 277 g/mol. The Morgan fingerprint density at radius 3 is 2.85 bits per heavy atom. The third kappa shape index (κ3) is 3.33. The number of benzene rings is 1. The van der Waals surface area contributed by atoms with Gasteiger partial charge in [-0.1, -0.05) is 25.1 Å². The van der Waals surface area contributed by atoms with Crippen LogP contribution in [0.4, 0.5) is 0 Å². The molecule has 1 saturated heterocycles. The van der Waals surface area contributed by atoms with Gasteiger partial charge < -0.3 is 14.8 Å². The molecule has 2 unspecified atom stereocenters. The summed E-state index contributed by atoms with van der Waals surface area (Å²) in [7, 11) is 1.75. The molecule has 1 fully saturated rings. The normalized spacial score (nSPS) is 25.9. The Kier molecular flexibility index (Phi) is 5.44. The van der Waals surface area contributed by atoms with Crippen LogP contribution >= 0.6 is 0 Å². The highest BCUT2D eigenvalue weighted by Gasteiger charge is 2.41. The average Bonchev–Trinajstić information content (AvgIpc) is 2.81. The van der Waals surface area contributed by atoms with Crippen LogP contribution in [0.15, 0.2) is 24.3 Å². The minimum Gasteiger partial charge on any atom is -0.496 e. The fourth-order valence-electron chi connectivity index (χ4n) is 3.09. The van der Waals surface area contributed by atoms with Crippen molar-refractivity contribution in [1.82, 2.24) is 5.32 Å². The van der Waals surface area contributed by atoms with Gasteiger partial charge in [0, 0.05) is 18.6 Å². The molecule has 2 atom stereocenters. The van der Waals surface area contributed by atoms with Crippen LogP contribution in [-0.4, -0.2) is 32.9 Å². The summed E-state index contributed by atoms with van der Waals surface area (Å²) < 4.78 is 11.4. The topological polar surface area (TPSA) is 30.5 Å². The first-order valence-corrected chi connectivity index (χ1v) is 7.66. The van der Waals surface area contributed by atoms with Gasteiger partial charge in [0.2, 0.25) is 0 Å². The van der Waals surface area contributed by atoms with Crippen LogP contribution in [0.2, 0.25) is 0 Å². The van der Waals surface area contributed by atoms with E-state index < -0.39 is 0 Å². The highest BCUT2D eigenvalue weighted by atomic mass is 16.5. The molecule has 20 heavy (non-hydrogen) atoms. The van der Waals surface area contributed by atoms with Gasteiger partial charge in [-0.3, -0.25) is 0 Å². The number of nitrogens with one attached hydrogen (secondary N) is 1. The number of methoxy groups -OCH3 is 1. The van der Waals surface area contributed by atoms with Crippen LogP contribution in [0.1, 0.15) is 32.3 Å². The smallest absolute Gasteiger partial charge is 0.122 e. The first-order chi connectivity index (χ1) is 9.72. The third-order valence-corrected chi connectivity index (χ3v) is 4.47. The molecule has 0 bridgehead atoms. The van der Waals surface area contributed by atoms with Crippen LogP contribution < -0.4 is 10.1 Å². The monoisotopic (exact) mass is 277 g/mol. The van der Waals surface area contributed by atoms with Crippen molar-refractivity contribution in [3.8, 4) is 5.75 Å². The number of rotatable bonds is 7. The minimum atomic E-state index is 0.184. The van der Waals surface area contributed by atoms with E-state index >= 15 is 0 Å². The van der Waals surface area contributed by atoms with E-state index in [2.05, 4.69) is 31.3 Å². The molecule has 1 aromatic carbocycles.